The molecule has 0 spiro atoms. The first-order valence-corrected chi connectivity index (χ1v) is 8.68. The van der Waals surface area contributed by atoms with E-state index in [1.807, 2.05) is 6.07 Å². The monoisotopic (exact) mass is 297 g/mol. The molecule has 0 amide bonds. The second-order valence-electron chi connectivity index (χ2n) is 6.94. The Morgan fingerprint density at radius 2 is 2.05 bits per heavy atom. The Balaban J connectivity index is 1.98. The molecule has 0 radical (unpaired) electrons. The molecule has 118 valence electrons. The van der Waals surface area contributed by atoms with Gasteiger partial charge in [0, 0.05) is 23.1 Å². The molecule has 22 heavy (non-hydrogen) atoms. The Kier molecular flexibility index (Phi) is 4.37. The summed E-state index contributed by atoms with van der Waals surface area (Å²) in [5.41, 5.74) is 5.93. The van der Waals surface area contributed by atoms with E-state index in [1.54, 1.807) is 0 Å². The number of hydrogen-bond donors (Lipinski definition) is 1. The summed E-state index contributed by atoms with van der Waals surface area (Å²) in [5, 5.41) is 10.6. The van der Waals surface area contributed by atoms with Crippen molar-refractivity contribution in [3.05, 3.63) is 34.9 Å². The van der Waals surface area contributed by atoms with E-state index in [-0.39, 0.29) is 0 Å². The van der Waals surface area contributed by atoms with Crippen LogP contribution >= 0.6 is 0 Å². The van der Waals surface area contributed by atoms with Crippen molar-refractivity contribution in [1.82, 2.24) is 0 Å². The number of benzene rings is 1. The standard InChI is InChI=1S/C20H27NO/c1-4-5-6-7-15-11-18-20(19(22)12-15)17-10-13(2)8-9-16(17)14(3)21-18/h10-12,16-17,22H,4-9H2,1-3H3. The van der Waals surface area contributed by atoms with Gasteiger partial charge < -0.3 is 5.11 Å². The van der Waals surface area contributed by atoms with Crippen molar-refractivity contribution in [1.29, 1.82) is 0 Å². The molecule has 1 N–H and O–H groups in total. The SMILES string of the molecule is CCCCCc1cc(O)c2c(c1)N=C(C)C1CCC(C)=CC21. The second-order valence-corrected chi connectivity index (χ2v) is 6.94. The van der Waals surface area contributed by atoms with Crippen molar-refractivity contribution in [2.24, 2.45) is 10.9 Å². The van der Waals surface area contributed by atoms with E-state index in [0.717, 1.165) is 30.5 Å². The van der Waals surface area contributed by atoms with Crippen LogP contribution in [0.2, 0.25) is 0 Å². The summed E-state index contributed by atoms with van der Waals surface area (Å²) in [5.74, 6) is 1.22. The van der Waals surface area contributed by atoms with Crippen molar-refractivity contribution in [2.75, 3.05) is 0 Å². The van der Waals surface area contributed by atoms with Gasteiger partial charge in [0.25, 0.3) is 0 Å². The van der Waals surface area contributed by atoms with E-state index in [9.17, 15) is 5.11 Å². The highest BCUT2D eigenvalue weighted by atomic mass is 16.3. The number of aromatic hydroxyl groups is 1. The molecule has 2 atom stereocenters. The number of rotatable bonds is 4. The van der Waals surface area contributed by atoms with Crippen LogP contribution in [0.4, 0.5) is 5.69 Å². The van der Waals surface area contributed by atoms with Crippen LogP contribution < -0.4 is 0 Å². The maximum Gasteiger partial charge on any atom is 0.121 e. The first kappa shape index (κ1) is 15.3. The highest BCUT2D eigenvalue weighted by Gasteiger charge is 2.34. The van der Waals surface area contributed by atoms with Gasteiger partial charge in [0.15, 0.2) is 0 Å². The first-order chi connectivity index (χ1) is 10.6. The van der Waals surface area contributed by atoms with Crippen molar-refractivity contribution in [3.63, 3.8) is 0 Å². The summed E-state index contributed by atoms with van der Waals surface area (Å²) in [4.78, 5) is 4.83. The summed E-state index contributed by atoms with van der Waals surface area (Å²) < 4.78 is 0. The number of phenolic OH excluding ortho intramolecular Hbond substituents is 1. The lowest BCUT2D eigenvalue weighted by atomic mass is 9.72. The number of aliphatic imine (C=N–C) groups is 1. The highest BCUT2D eigenvalue weighted by molar-refractivity contribution is 5.91. The molecule has 2 heteroatoms. The number of aryl methyl sites for hydroxylation is 1. The Morgan fingerprint density at radius 1 is 1.23 bits per heavy atom. The van der Waals surface area contributed by atoms with E-state index >= 15 is 0 Å². The zero-order chi connectivity index (χ0) is 15.7. The number of fused-ring (bicyclic) bond motifs is 3. The first-order valence-electron chi connectivity index (χ1n) is 8.68. The third kappa shape index (κ3) is 2.84. The molecule has 1 aliphatic carbocycles. The lowest BCUT2D eigenvalue weighted by molar-refractivity contribution is 0.448. The van der Waals surface area contributed by atoms with Gasteiger partial charge in [-0.05, 0) is 57.2 Å². The zero-order valence-corrected chi connectivity index (χ0v) is 14.0. The molecule has 2 nitrogen and oxygen atoms in total. The van der Waals surface area contributed by atoms with Crippen molar-refractivity contribution in [3.8, 4) is 5.75 Å². The normalized spacial score (nSPS) is 23.4. The van der Waals surface area contributed by atoms with E-state index in [4.69, 9.17) is 4.99 Å². The van der Waals surface area contributed by atoms with E-state index in [2.05, 4.69) is 32.9 Å². The van der Waals surface area contributed by atoms with Crippen LogP contribution in [0.5, 0.6) is 5.75 Å². The van der Waals surface area contributed by atoms with E-state index < -0.39 is 0 Å². The molecular formula is C20H27NO. The Bertz CT molecular complexity index is 627. The zero-order valence-electron chi connectivity index (χ0n) is 14.0. The van der Waals surface area contributed by atoms with Crippen LogP contribution in [-0.2, 0) is 6.42 Å². The lowest BCUT2D eigenvalue weighted by Crippen LogP contribution is -2.25. The molecule has 2 aliphatic rings. The van der Waals surface area contributed by atoms with Gasteiger partial charge in [0.2, 0.25) is 0 Å². The molecular weight excluding hydrogens is 270 g/mol. The number of phenols is 1. The van der Waals surface area contributed by atoms with Gasteiger partial charge in [-0.3, -0.25) is 4.99 Å². The molecule has 1 aliphatic heterocycles. The van der Waals surface area contributed by atoms with Crippen molar-refractivity contribution < 1.29 is 5.11 Å². The van der Waals surface area contributed by atoms with Crippen LogP contribution in [0.15, 0.2) is 28.8 Å². The minimum atomic E-state index is 0.311. The van der Waals surface area contributed by atoms with Gasteiger partial charge >= 0.3 is 0 Å². The number of nitrogens with zero attached hydrogens (tertiary/aromatic N) is 1. The van der Waals surface area contributed by atoms with Crippen LogP contribution in [0.3, 0.4) is 0 Å². The minimum Gasteiger partial charge on any atom is -0.508 e. The molecule has 0 fully saturated rings. The summed E-state index contributed by atoms with van der Waals surface area (Å²) >= 11 is 0. The molecule has 3 rings (SSSR count). The van der Waals surface area contributed by atoms with E-state index in [1.165, 1.54) is 36.1 Å². The molecule has 1 heterocycles. The van der Waals surface area contributed by atoms with Gasteiger partial charge in [0.1, 0.15) is 5.75 Å². The molecule has 0 saturated heterocycles. The Labute approximate surface area is 134 Å². The number of allylic oxidation sites excluding steroid dienone is 2. The molecule has 1 aromatic carbocycles. The maximum absolute atomic E-state index is 10.6. The molecule has 0 aromatic heterocycles. The third-order valence-corrected chi connectivity index (χ3v) is 5.18. The third-order valence-electron chi connectivity index (χ3n) is 5.18. The average molecular weight is 297 g/mol. The van der Waals surface area contributed by atoms with Crippen LogP contribution in [0.25, 0.3) is 0 Å². The average Bonchev–Trinajstić information content (AvgIpc) is 2.46. The smallest absolute Gasteiger partial charge is 0.121 e. The summed E-state index contributed by atoms with van der Waals surface area (Å²) in [6.45, 7) is 6.57. The van der Waals surface area contributed by atoms with Gasteiger partial charge in [-0.25, -0.2) is 0 Å². The summed E-state index contributed by atoms with van der Waals surface area (Å²) in [6, 6.07) is 4.17. The van der Waals surface area contributed by atoms with Gasteiger partial charge in [0.05, 0.1) is 5.69 Å². The summed E-state index contributed by atoms with van der Waals surface area (Å²) in [7, 11) is 0. The van der Waals surface area contributed by atoms with Crippen LogP contribution in [-0.4, -0.2) is 10.8 Å². The lowest BCUT2D eigenvalue weighted by Gasteiger charge is -2.34. The van der Waals surface area contributed by atoms with Gasteiger partial charge in [-0.15, -0.1) is 0 Å². The van der Waals surface area contributed by atoms with Gasteiger partial charge in [-0.1, -0.05) is 31.4 Å². The Morgan fingerprint density at radius 3 is 2.82 bits per heavy atom. The molecule has 0 bridgehead atoms. The quantitative estimate of drug-likeness (QED) is 0.563. The predicted molar refractivity (Wildman–Crippen MR) is 93.3 cm³/mol. The molecule has 0 saturated carbocycles. The molecule has 1 aromatic rings. The summed E-state index contributed by atoms with van der Waals surface area (Å²) in [6.07, 6.45) is 9.34. The van der Waals surface area contributed by atoms with Gasteiger partial charge in [-0.2, -0.15) is 0 Å². The minimum absolute atomic E-state index is 0.311. The van der Waals surface area contributed by atoms with E-state index in [0.29, 0.717) is 17.6 Å². The fourth-order valence-electron chi connectivity index (χ4n) is 3.93. The van der Waals surface area contributed by atoms with Crippen molar-refractivity contribution in [2.45, 2.75) is 65.2 Å². The topological polar surface area (TPSA) is 32.6 Å². The van der Waals surface area contributed by atoms with Crippen LogP contribution in [0.1, 0.15) is 69.9 Å². The second kappa shape index (κ2) is 6.28. The predicted octanol–water partition coefficient (Wildman–Crippen LogP) is 5.67. The molecule has 2 unspecified atom stereocenters. The van der Waals surface area contributed by atoms with Crippen molar-refractivity contribution >= 4 is 11.4 Å². The number of hydrogen-bond acceptors (Lipinski definition) is 2. The maximum atomic E-state index is 10.6. The highest BCUT2D eigenvalue weighted by Crippen LogP contribution is 2.48. The van der Waals surface area contributed by atoms with Crippen LogP contribution in [0, 0.1) is 5.92 Å². The fourth-order valence-corrected chi connectivity index (χ4v) is 3.93. The number of unbranched alkanes of at least 4 members (excludes halogenated alkanes) is 2. The Hall–Kier alpha value is -1.57. The largest absolute Gasteiger partial charge is 0.508 e. The fraction of sp³-hybridized carbons (Fsp3) is 0.550.